The van der Waals surface area contributed by atoms with Gasteiger partial charge < -0.3 is 14.6 Å². The summed E-state index contributed by atoms with van der Waals surface area (Å²) in [6.45, 7) is 0. The van der Waals surface area contributed by atoms with E-state index in [0.717, 1.165) is 0 Å². The topological polar surface area (TPSA) is 85.7 Å². The fourth-order valence-electron chi connectivity index (χ4n) is 2.32. The minimum atomic E-state index is -0.817. The van der Waals surface area contributed by atoms with Gasteiger partial charge in [-0.05, 0) is 30.3 Å². The molecule has 3 aromatic rings. The van der Waals surface area contributed by atoms with E-state index in [2.05, 4.69) is 9.72 Å². The quantitative estimate of drug-likeness (QED) is 0.585. The average molecular weight is 323 g/mol. The summed E-state index contributed by atoms with van der Waals surface area (Å²) in [6.07, 6.45) is 0.514. The van der Waals surface area contributed by atoms with Crippen molar-refractivity contribution in [2.24, 2.45) is 0 Å². The van der Waals surface area contributed by atoms with Crippen molar-refractivity contribution in [3.05, 3.63) is 59.9 Å². The molecule has 0 saturated carbocycles. The molecule has 0 atom stereocenters. The van der Waals surface area contributed by atoms with Crippen molar-refractivity contribution in [2.75, 3.05) is 7.11 Å². The van der Waals surface area contributed by atoms with Gasteiger partial charge in [0, 0.05) is 10.8 Å². The first-order valence-corrected chi connectivity index (χ1v) is 7.07. The molecule has 0 amide bonds. The van der Waals surface area contributed by atoms with Crippen LogP contribution in [0.2, 0.25) is 0 Å². The van der Waals surface area contributed by atoms with Crippen LogP contribution in [0.25, 0.3) is 10.8 Å². The van der Waals surface area contributed by atoms with E-state index >= 15 is 0 Å². The largest absolute Gasteiger partial charge is 0.505 e. The first-order valence-electron chi connectivity index (χ1n) is 7.07. The van der Waals surface area contributed by atoms with Gasteiger partial charge in [-0.25, -0.2) is 9.78 Å². The maximum Gasteiger partial charge on any atom is 0.360 e. The summed E-state index contributed by atoms with van der Waals surface area (Å²) in [7, 11) is 1.17. The molecule has 0 radical (unpaired) electrons. The molecule has 6 nitrogen and oxygen atoms in total. The molecule has 0 aliphatic rings. The number of methoxy groups -OCH3 is 1. The second-order valence-electron chi connectivity index (χ2n) is 4.93. The van der Waals surface area contributed by atoms with E-state index in [0.29, 0.717) is 28.6 Å². The molecule has 0 aliphatic carbocycles. The van der Waals surface area contributed by atoms with Crippen LogP contribution in [0.4, 0.5) is 0 Å². The standard InChI is InChI=1S/C18H13NO5/c1-23-18(22)16-17(21)13-8-7-12(9-14(13)15(10-20)19-16)24-11-5-3-2-4-6-11/h2-10,21H,1H3. The van der Waals surface area contributed by atoms with E-state index in [1.54, 1.807) is 30.3 Å². The third-order valence-electron chi connectivity index (χ3n) is 3.45. The molecular weight excluding hydrogens is 310 g/mol. The highest BCUT2D eigenvalue weighted by Gasteiger charge is 2.20. The summed E-state index contributed by atoms with van der Waals surface area (Å²) in [5.74, 6) is -0.0486. The summed E-state index contributed by atoms with van der Waals surface area (Å²) >= 11 is 0. The van der Waals surface area contributed by atoms with Crippen LogP contribution in [0, 0.1) is 0 Å². The summed E-state index contributed by atoms with van der Waals surface area (Å²) < 4.78 is 10.3. The Morgan fingerprint density at radius 2 is 1.83 bits per heavy atom. The number of ether oxygens (including phenoxy) is 2. The lowest BCUT2D eigenvalue weighted by Crippen LogP contribution is -2.07. The fraction of sp³-hybridized carbons (Fsp3) is 0.0556. The molecule has 0 spiro atoms. The van der Waals surface area contributed by atoms with Crippen LogP contribution < -0.4 is 4.74 Å². The number of aromatic nitrogens is 1. The number of hydrogen-bond acceptors (Lipinski definition) is 6. The van der Waals surface area contributed by atoms with E-state index in [4.69, 9.17) is 4.74 Å². The third kappa shape index (κ3) is 2.77. The van der Waals surface area contributed by atoms with Crippen molar-refractivity contribution >= 4 is 23.0 Å². The van der Waals surface area contributed by atoms with Crippen LogP contribution in [0.5, 0.6) is 17.2 Å². The molecular formula is C18H13NO5. The lowest BCUT2D eigenvalue weighted by Gasteiger charge is -2.10. The Bertz CT molecular complexity index is 922. The summed E-state index contributed by atoms with van der Waals surface area (Å²) in [6, 6.07) is 13.9. The number of fused-ring (bicyclic) bond motifs is 1. The van der Waals surface area contributed by atoms with Gasteiger partial charge in [0.25, 0.3) is 0 Å². The molecule has 3 rings (SSSR count). The summed E-state index contributed by atoms with van der Waals surface area (Å²) in [5, 5.41) is 10.9. The van der Waals surface area contributed by atoms with Gasteiger partial charge in [0.15, 0.2) is 17.7 Å². The molecule has 2 aromatic carbocycles. The molecule has 1 aromatic heterocycles. The molecule has 0 aliphatic heterocycles. The van der Waals surface area contributed by atoms with E-state index < -0.39 is 5.97 Å². The Morgan fingerprint density at radius 3 is 2.50 bits per heavy atom. The monoisotopic (exact) mass is 323 g/mol. The zero-order valence-corrected chi connectivity index (χ0v) is 12.7. The number of pyridine rings is 1. The second-order valence-corrected chi connectivity index (χ2v) is 4.93. The summed E-state index contributed by atoms with van der Waals surface area (Å²) in [4.78, 5) is 26.9. The predicted molar refractivity (Wildman–Crippen MR) is 86.7 cm³/mol. The van der Waals surface area contributed by atoms with Crippen LogP contribution in [-0.2, 0) is 4.74 Å². The fourth-order valence-corrected chi connectivity index (χ4v) is 2.32. The first-order chi connectivity index (χ1) is 11.6. The first kappa shape index (κ1) is 15.5. The maximum atomic E-state index is 11.7. The number of carbonyl (C=O) groups is 2. The Balaban J connectivity index is 2.12. The highest BCUT2D eigenvalue weighted by atomic mass is 16.5. The molecule has 0 saturated heterocycles. The SMILES string of the molecule is COC(=O)c1nc(C=O)c2cc(Oc3ccccc3)ccc2c1O. The van der Waals surface area contributed by atoms with Crippen molar-refractivity contribution < 1.29 is 24.2 Å². The Hall–Kier alpha value is -3.41. The number of benzene rings is 2. The van der Waals surface area contributed by atoms with Gasteiger partial charge in [-0.2, -0.15) is 0 Å². The molecule has 0 bridgehead atoms. The van der Waals surface area contributed by atoms with Crippen molar-refractivity contribution in [3.8, 4) is 17.2 Å². The van der Waals surface area contributed by atoms with Crippen LogP contribution in [0.15, 0.2) is 48.5 Å². The Morgan fingerprint density at radius 1 is 1.08 bits per heavy atom. The maximum absolute atomic E-state index is 11.7. The van der Waals surface area contributed by atoms with Gasteiger partial charge in [-0.1, -0.05) is 18.2 Å². The van der Waals surface area contributed by atoms with Gasteiger partial charge in [-0.3, -0.25) is 4.79 Å². The number of aromatic hydroxyl groups is 1. The van der Waals surface area contributed by atoms with Crippen molar-refractivity contribution in [2.45, 2.75) is 0 Å². The van der Waals surface area contributed by atoms with Crippen molar-refractivity contribution in [1.82, 2.24) is 4.98 Å². The molecule has 1 heterocycles. The second kappa shape index (κ2) is 6.37. The number of esters is 1. The highest BCUT2D eigenvalue weighted by Crippen LogP contribution is 2.33. The van der Waals surface area contributed by atoms with E-state index in [1.165, 1.54) is 7.11 Å². The number of nitrogens with zero attached hydrogens (tertiary/aromatic N) is 1. The molecule has 0 fully saturated rings. The zero-order valence-electron chi connectivity index (χ0n) is 12.7. The average Bonchev–Trinajstić information content (AvgIpc) is 2.62. The van der Waals surface area contributed by atoms with E-state index in [1.807, 2.05) is 18.2 Å². The smallest absolute Gasteiger partial charge is 0.360 e. The van der Waals surface area contributed by atoms with Crippen LogP contribution in [-0.4, -0.2) is 29.5 Å². The predicted octanol–water partition coefficient (Wildman–Crippen LogP) is 3.33. The van der Waals surface area contributed by atoms with Crippen LogP contribution in [0.3, 0.4) is 0 Å². The molecule has 120 valence electrons. The molecule has 0 unspecified atom stereocenters. The molecule has 1 N–H and O–H groups in total. The Labute approximate surface area is 137 Å². The van der Waals surface area contributed by atoms with Crippen molar-refractivity contribution in [1.29, 1.82) is 0 Å². The minimum absolute atomic E-state index is 0.0155. The molecule has 24 heavy (non-hydrogen) atoms. The van der Waals surface area contributed by atoms with Crippen LogP contribution in [0.1, 0.15) is 21.0 Å². The Kier molecular flexibility index (Phi) is 4.11. The third-order valence-corrected chi connectivity index (χ3v) is 3.45. The minimum Gasteiger partial charge on any atom is -0.505 e. The number of rotatable bonds is 4. The highest BCUT2D eigenvalue weighted by molar-refractivity contribution is 6.05. The number of aldehydes is 1. The number of carbonyl (C=O) groups excluding carboxylic acids is 2. The summed E-state index contributed by atoms with van der Waals surface area (Å²) in [5.41, 5.74) is -0.287. The van der Waals surface area contributed by atoms with Crippen LogP contribution >= 0.6 is 0 Å². The molecule has 6 heteroatoms. The normalized spacial score (nSPS) is 10.4. The van der Waals surface area contributed by atoms with Gasteiger partial charge >= 0.3 is 5.97 Å². The van der Waals surface area contributed by atoms with E-state index in [-0.39, 0.29) is 17.1 Å². The van der Waals surface area contributed by atoms with Gasteiger partial charge in [-0.15, -0.1) is 0 Å². The van der Waals surface area contributed by atoms with E-state index in [9.17, 15) is 14.7 Å². The number of para-hydroxylation sites is 1. The number of hydrogen-bond donors (Lipinski definition) is 1. The van der Waals surface area contributed by atoms with Gasteiger partial charge in [0.1, 0.15) is 17.2 Å². The van der Waals surface area contributed by atoms with Gasteiger partial charge in [0.05, 0.1) is 7.11 Å². The van der Waals surface area contributed by atoms with Crippen molar-refractivity contribution in [3.63, 3.8) is 0 Å². The zero-order chi connectivity index (χ0) is 17.1. The lowest BCUT2D eigenvalue weighted by atomic mass is 10.1. The lowest BCUT2D eigenvalue weighted by molar-refractivity contribution is 0.0590. The van der Waals surface area contributed by atoms with Gasteiger partial charge in [0.2, 0.25) is 0 Å².